The zero-order chi connectivity index (χ0) is 13.8. The van der Waals surface area contributed by atoms with Crippen LogP contribution in [0, 0.1) is 5.82 Å². The van der Waals surface area contributed by atoms with Crippen LogP contribution in [-0.4, -0.2) is 33.7 Å². The van der Waals surface area contributed by atoms with E-state index in [1.165, 1.54) is 24.3 Å². The molecule has 3 unspecified atom stereocenters. The molecule has 3 nitrogen and oxygen atoms in total. The lowest BCUT2D eigenvalue weighted by molar-refractivity contribution is 0.0991. The maximum atomic E-state index is 12.8. The minimum Gasteiger partial charge on any atom is -0.377 e. The second-order valence-electron chi connectivity index (χ2n) is 4.70. The summed E-state index contributed by atoms with van der Waals surface area (Å²) in [5.74, 6) is -0.199. The van der Waals surface area contributed by atoms with Gasteiger partial charge in [-0.1, -0.05) is 0 Å². The highest BCUT2D eigenvalue weighted by molar-refractivity contribution is 7.86. The standard InChI is InChI=1S/C14H17FO3S/c1-10(19(17)9-13-3-2-8-18-13)14(16)11-4-6-12(15)7-5-11/h4-7,10,13H,2-3,8-9H2,1H3. The molecule has 19 heavy (non-hydrogen) atoms. The summed E-state index contributed by atoms with van der Waals surface area (Å²) >= 11 is 0. The number of carbonyl (C=O) groups excluding carboxylic acids is 1. The molecule has 3 atom stereocenters. The van der Waals surface area contributed by atoms with Crippen molar-refractivity contribution in [1.82, 2.24) is 0 Å². The summed E-state index contributed by atoms with van der Waals surface area (Å²) in [4.78, 5) is 12.1. The lowest BCUT2D eigenvalue weighted by Crippen LogP contribution is -2.28. The van der Waals surface area contributed by atoms with Crippen molar-refractivity contribution >= 4 is 16.6 Å². The van der Waals surface area contributed by atoms with Crippen molar-refractivity contribution in [2.75, 3.05) is 12.4 Å². The second-order valence-corrected chi connectivity index (χ2v) is 6.50. The number of rotatable bonds is 5. The number of hydrogen-bond acceptors (Lipinski definition) is 3. The molecule has 0 radical (unpaired) electrons. The molecule has 1 aliphatic heterocycles. The van der Waals surface area contributed by atoms with E-state index in [9.17, 15) is 13.4 Å². The van der Waals surface area contributed by atoms with Gasteiger partial charge < -0.3 is 4.74 Å². The van der Waals surface area contributed by atoms with E-state index < -0.39 is 16.0 Å². The normalized spacial score (nSPS) is 22.1. The third kappa shape index (κ3) is 3.70. The van der Waals surface area contributed by atoms with Crippen LogP contribution in [0.3, 0.4) is 0 Å². The average molecular weight is 284 g/mol. The molecule has 0 spiro atoms. The number of hydrogen-bond donors (Lipinski definition) is 0. The molecule has 104 valence electrons. The van der Waals surface area contributed by atoms with Gasteiger partial charge in [0.05, 0.1) is 17.1 Å². The number of carbonyl (C=O) groups is 1. The molecule has 2 rings (SSSR count). The lowest BCUT2D eigenvalue weighted by atomic mass is 10.1. The zero-order valence-corrected chi connectivity index (χ0v) is 11.6. The first-order valence-corrected chi connectivity index (χ1v) is 7.74. The Balaban J connectivity index is 1.97. The van der Waals surface area contributed by atoms with E-state index in [4.69, 9.17) is 4.74 Å². The van der Waals surface area contributed by atoms with Crippen molar-refractivity contribution in [3.63, 3.8) is 0 Å². The second kappa shape index (κ2) is 6.39. The Kier molecular flexibility index (Phi) is 4.82. The molecule has 1 aromatic rings. The van der Waals surface area contributed by atoms with Crippen LogP contribution in [0.5, 0.6) is 0 Å². The fraction of sp³-hybridized carbons (Fsp3) is 0.500. The fourth-order valence-electron chi connectivity index (χ4n) is 2.07. The summed E-state index contributed by atoms with van der Waals surface area (Å²) in [5.41, 5.74) is 0.398. The Morgan fingerprint density at radius 3 is 2.74 bits per heavy atom. The van der Waals surface area contributed by atoms with Gasteiger partial charge in [0.15, 0.2) is 5.78 Å². The molecule has 0 aromatic heterocycles. The number of ether oxygens (including phenoxy) is 1. The van der Waals surface area contributed by atoms with Crippen molar-refractivity contribution in [2.24, 2.45) is 0 Å². The highest BCUT2D eigenvalue weighted by Crippen LogP contribution is 2.16. The van der Waals surface area contributed by atoms with Gasteiger partial charge in [0.2, 0.25) is 0 Å². The summed E-state index contributed by atoms with van der Waals surface area (Å²) in [6.07, 6.45) is 1.90. The summed E-state index contributed by atoms with van der Waals surface area (Å²) in [6, 6.07) is 5.33. The van der Waals surface area contributed by atoms with Gasteiger partial charge in [-0.15, -0.1) is 0 Å². The Labute approximate surface area is 114 Å². The number of halogens is 1. The van der Waals surface area contributed by atoms with E-state index in [0.29, 0.717) is 17.9 Å². The van der Waals surface area contributed by atoms with Gasteiger partial charge in [-0.25, -0.2) is 4.39 Å². The van der Waals surface area contributed by atoms with Crippen LogP contribution in [0.2, 0.25) is 0 Å². The third-order valence-corrected chi connectivity index (χ3v) is 4.97. The lowest BCUT2D eigenvalue weighted by Gasteiger charge is -2.14. The molecule has 0 N–H and O–H groups in total. The van der Waals surface area contributed by atoms with Crippen LogP contribution in [-0.2, 0) is 15.5 Å². The van der Waals surface area contributed by atoms with Crippen LogP contribution in [0.25, 0.3) is 0 Å². The molecule has 0 saturated carbocycles. The van der Waals surface area contributed by atoms with Gasteiger partial charge in [0, 0.05) is 23.0 Å². The van der Waals surface area contributed by atoms with E-state index in [1.54, 1.807) is 6.92 Å². The van der Waals surface area contributed by atoms with Crippen LogP contribution < -0.4 is 0 Å². The van der Waals surface area contributed by atoms with Crippen LogP contribution in [0.15, 0.2) is 24.3 Å². The van der Waals surface area contributed by atoms with E-state index in [0.717, 1.165) is 12.8 Å². The predicted molar refractivity (Wildman–Crippen MR) is 72.2 cm³/mol. The van der Waals surface area contributed by atoms with E-state index in [-0.39, 0.29) is 17.7 Å². The molecule has 0 bridgehead atoms. The topological polar surface area (TPSA) is 43.4 Å². The van der Waals surface area contributed by atoms with Crippen molar-refractivity contribution in [1.29, 1.82) is 0 Å². The van der Waals surface area contributed by atoms with Gasteiger partial charge in [-0.2, -0.15) is 0 Å². The van der Waals surface area contributed by atoms with Gasteiger partial charge in [0.1, 0.15) is 5.82 Å². The van der Waals surface area contributed by atoms with Crippen molar-refractivity contribution in [3.8, 4) is 0 Å². The van der Waals surface area contributed by atoms with E-state index >= 15 is 0 Å². The highest BCUT2D eigenvalue weighted by atomic mass is 32.2. The molecule has 1 fully saturated rings. The first kappa shape index (κ1) is 14.3. The van der Waals surface area contributed by atoms with Gasteiger partial charge >= 0.3 is 0 Å². The molecule has 1 heterocycles. The molecule has 1 saturated heterocycles. The number of benzene rings is 1. The highest BCUT2D eigenvalue weighted by Gasteiger charge is 2.26. The van der Waals surface area contributed by atoms with Crippen molar-refractivity contribution in [3.05, 3.63) is 35.6 Å². The first-order chi connectivity index (χ1) is 9.08. The fourth-order valence-corrected chi connectivity index (χ4v) is 3.36. The molecule has 0 aliphatic carbocycles. The average Bonchev–Trinajstić information content (AvgIpc) is 2.90. The quantitative estimate of drug-likeness (QED) is 0.779. The zero-order valence-electron chi connectivity index (χ0n) is 10.8. The Hall–Kier alpha value is -1.07. The monoisotopic (exact) mass is 284 g/mol. The van der Waals surface area contributed by atoms with Gasteiger partial charge in [-0.05, 0) is 44.0 Å². The SMILES string of the molecule is CC(C(=O)c1ccc(F)cc1)S(=O)CC1CCCO1. The maximum Gasteiger partial charge on any atom is 0.178 e. The van der Waals surface area contributed by atoms with Crippen LogP contribution in [0.1, 0.15) is 30.1 Å². The molecular weight excluding hydrogens is 267 g/mol. The van der Waals surface area contributed by atoms with E-state index in [1.807, 2.05) is 0 Å². The molecule has 5 heteroatoms. The first-order valence-electron chi connectivity index (χ1n) is 6.36. The van der Waals surface area contributed by atoms with Crippen molar-refractivity contribution in [2.45, 2.75) is 31.1 Å². The van der Waals surface area contributed by atoms with Crippen LogP contribution in [0.4, 0.5) is 4.39 Å². The van der Waals surface area contributed by atoms with Crippen molar-refractivity contribution < 1.29 is 18.1 Å². The molecule has 0 amide bonds. The number of Topliss-reactive ketones (excluding diaryl/α,β-unsaturated/α-hetero) is 1. The summed E-state index contributed by atoms with van der Waals surface area (Å²) in [5, 5.41) is -0.588. The van der Waals surface area contributed by atoms with Crippen LogP contribution >= 0.6 is 0 Å². The Morgan fingerprint density at radius 2 is 2.16 bits per heavy atom. The van der Waals surface area contributed by atoms with Gasteiger partial charge in [0.25, 0.3) is 0 Å². The number of ketones is 1. The third-order valence-electron chi connectivity index (χ3n) is 3.27. The minimum absolute atomic E-state index is 0.00398. The largest absolute Gasteiger partial charge is 0.377 e. The summed E-state index contributed by atoms with van der Waals surface area (Å²) in [7, 11) is -1.26. The predicted octanol–water partition coefficient (Wildman–Crippen LogP) is 2.32. The molecule has 1 aliphatic rings. The van der Waals surface area contributed by atoms with Gasteiger partial charge in [-0.3, -0.25) is 9.00 Å². The summed E-state index contributed by atoms with van der Waals surface area (Å²) < 4.78 is 30.3. The van der Waals surface area contributed by atoms with E-state index in [2.05, 4.69) is 0 Å². The summed E-state index contributed by atoms with van der Waals surface area (Å²) in [6.45, 7) is 2.36. The molecule has 1 aromatic carbocycles. The maximum absolute atomic E-state index is 12.8. The Morgan fingerprint density at radius 1 is 1.47 bits per heavy atom. The smallest absolute Gasteiger partial charge is 0.178 e. The minimum atomic E-state index is -1.26. The Bertz CT molecular complexity index is 466. The molecular formula is C14H17FO3S.